The Hall–Kier alpha value is -1.45. The van der Waals surface area contributed by atoms with Crippen molar-refractivity contribution >= 4 is 33.3 Å². The van der Waals surface area contributed by atoms with E-state index >= 15 is 0 Å². The largest absolute Gasteiger partial charge is 0.345 e. The highest BCUT2D eigenvalue weighted by atomic mass is 35.5. The number of aromatic nitrogens is 2. The van der Waals surface area contributed by atoms with Gasteiger partial charge in [0.2, 0.25) is 5.95 Å². The lowest BCUT2D eigenvalue weighted by Crippen LogP contribution is -2.52. The Bertz CT molecular complexity index is 838. The monoisotopic (exact) mass is 427 g/mol. The van der Waals surface area contributed by atoms with Gasteiger partial charge < -0.3 is 10.2 Å². The van der Waals surface area contributed by atoms with Gasteiger partial charge in [-0.1, -0.05) is 18.0 Å². The Kier molecular flexibility index (Phi) is 5.76. The number of carbonyl (C=O) groups is 1. The van der Waals surface area contributed by atoms with Crippen LogP contribution in [0.3, 0.4) is 0 Å². The van der Waals surface area contributed by atoms with Gasteiger partial charge in [-0.3, -0.25) is 9.69 Å². The maximum atomic E-state index is 12.9. The maximum absolute atomic E-state index is 12.9. The molecule has 1 N–H and O–H groups in total. The van der Waals surface area contributed by atoms with Crippen molar-refractivity contribution in [2.45, 2.75) is 44.2 Å². The minimum atomic E-state index is -3.18. The Morgan fingerprint density at radius 3 is 2.46 bits per heavy atom. The van der Waals surface area contributed by atoms with E-state index in [0.29, 0.717) is 5.95 Å². The van der Waals surface area contributed by atoms with Crippen LogP contribution in [0.2, 0.25) is 5.02 Å². The summed E-state index contributed by atoms with van der Waals surface area (Å²) in [5.41, 5.74) is 0.111. The molecule has 8 nitrogen and oxygen atoms in total. The molecule has 3 saturated heterocycles. The third-order valence-corrected chi connectivity index (χ3v) is 7.83. The summed E-state index contributed by atoms with van der Waals surface area (Å²) in [6.07, 6.45) is 6.89. The molecule has 4 rings (SSSR count). The fourth-order valence-electron chi connectivity index (χ4n) is 4.40. The lowest BCUT2D eigenvalue weighted by molar-refractivity contribution is 0.0895. The van der Waals surface area contributed by atoms with E-state index in [1.807, 2.05) is 4.90 Å². The number of nitrogens with one attached hydrogen (secondary N) is 1. The number of amides is 1. The molecular weight excluding hydrogens is 402 g/mol. The van der Waals surface area contributed by atoms with Crippen LogP contribution in [0, 0.1) is 0 Å². The van der Waals surface area contributed by atoms with Crippen LogP contribution >= 0.6 is 11.6 Å². The first kappa shape index (κ1) is 19.8. The van der Waals surface area contributed by atoms with Gasteiger partial charge in [-0.25, -0.2) is 18.4 Å². The molecule has 2 unspecified atom stereocenters. The molecule has 3 aliphatic rings. The molecular formula is C18H26ClN5O3S. The van der Waals surface area contributed by atoms with E-state index in [9.17, 15) is 13.2 Å². The normalized spacial score (nSPS) is 27.8. The van der Waals surface area contributed by atoms with Crippen molar-refractivity contribution in [2.75, 3.05) is 42.6 Å². The fourth-order valence-corrected chi connectivity index (χ4v) is 6.53. The summed E-state index contributed by atoms with van der Waals surface area (Å²) in [6, 6.07) is -0.634. The Labute approximate surface area is 170 Å². The summed E-state index contributed by atoms with van der Waals surface area (Å²) in [7, 11) is -3.18. The van der Waals surface area contributed by atoms with Gasteiger partial charge in [-0.15, -0.1) is 0 Å². The molecule has 0 bridgehead atoms. The fraction of sp³-hybridized carbons (Fsp3) is 0.722. The van der Waals surface area contributed by atoms with E-state index in [4.69, 9.17) is 11.6 Å². The van der Waals surface area contributed by atoms with Crippen molar-refractivity contribution < 1.29 is 13.2 Å². The molecule has 2 atom stereocenters. The van der Waals surface area contributed by atoms with Gasteiger partial charge in [0.1, 0.15) is 0 Å². The van der Waals surface area contributed by atoms with Gasteiger partial charge in [-0.2, -0.15) is 0 Å². The van der Waals surface area contributed by atoms with Gasteiger partial charge in [0.25, 0.3) is 5.91 Å². The van der Waals surface area contributed by atoms with Crippen LogP contribution in [0.5, 0.6) is 0 Å². The van der Waals surface area contributed by atoms with E-state index in [2.05, 4.69) is 20.2 Å². The van der Waals surface area contributed by atoms with Gasteiger partial charge in [0, 0.05) is 19.1 Å². The minimum absolute atomic E-state index is 0.0401. The molecule has 0 spiro atoms. The average Bonchev–Trinajstić information content (AvgIpc) is 3.30. The Morgan fingerprint density at radius 2 is 1.75 bits per heavy atom. The van der Waals surface area contributed by atoms with Crippen molar-refractivity contribution in [1.82, 2.24) is 20.2 Å². The molecule has 1 aromatic heterocycles. The van der Waals surface area contributed by atoms with Crippen molar-refractivity contribution in [3.05, 3.63) is 16.9 Å². The first-order chi connectivity index (χ1) is 13.4. The first-order valence-electron chi connectivity index (χ1n) is 9.96. The summed E-state index contributed by atoms with van der Waals surface area (Å²) < 4.78 is 24.5. The molecule has 0 saturated carbocycles. The molecule has 3 fully saturated rings. The number of piperidine rings is 1. The predicted molar refractivity (Wildman–Crippen MR) is 108 cm³/mol. The zero-order chi connectivity index (χ0) is 19.7. The zero-order valence-corrected chi connectivity index (χ0v) is 17.4. The highest BCUT2D eigenvalue weighted by Gasteiger charge is 2.42. The Morgan fingerprint density at radius 1 is 1.07 bits per heavy atom. The van der Waals surface area contributed by atoms with E-state index < -0.39 is 21.8 Å². The van der Waals surface area contributed by atoms with Gasteiger partial charge in [-0.05, 0) is 38.8 Å². The first-order valence-corrected chi connectivity index (χ1v) is 12.2. The average molecular weight is 428 g/mol. The number of likely N-dealkylation sites (tertiary alicyclic amines) is 1. The number of hydrogen-bond acceptors (Lipinski definition) is 7. The molecule has 10 heteroatoms. The summed E-state index contributed by atoms with van der Waals surface area (Å²) >= 11 is 6.19. The predicted octanol–water partition coefficient (Wildman–Crippen LogP) is 1.11. The number of sulfone groups is 1. The molecule has 0 aromatic carbocycles. The minimum Gasteiger partial charge on any atom is -0.345 e. The SMILES string of the molecule is O=C(NC1CS(=O)(=O)CC1N1CCCCC1)c1nc(N2CCCC2)ncc1Cl. The van der Waals surface area contributed by atoms with Crippen LogP contribution in [0.1, 0.15) is 42.6 Å². The molecule has 3 aliphatic heterocycles. The van der Waals surface area contributed by atoms with Crippen LogP contribution in [0.15, 0.2) is 6.20 Å². The third kappa shape index (κ3) is 4.26. The van der Waals surface area contributed by atoms with E-state index in [-0.39, 0.29) is 28.3 Å². The summed E-state index contributed by atoms with van der Waals surface area (Å²) in [4.78, 5) is 25.8. The number of hydrogen-bond donors (Lipinski definition) is 1. The van der Waals surface area contributed by atoms with Crippen LogP contribution < -0.4 is 10.2 Å². The lowest BCUT2D eigenvalue weighted by Gasteiger charge is -2.35. The highest BCUT2D eigenvalue weighted by molar-refractivity contribution is 7.91. The summed E-state index contributed by atoms with van der Waals surface area (Å²) in [5.74, 6) is 0.117. The number of nitrogens with zero attached hydrogens (tertiary/aromatic N) is 4. The quantitative estimate of drug-likeness (QED) is 0.768. The molecule has 4 heterocycles. The van der Waals surface area contributed by atoms with Gasteiger partial charge in [0.15, 0.2) is 15.5 Å². The van der Waals surface area contributed by atoms with Gasteiger partial charge >= 0.3 is 0 Å². The number of halogens is 1. The highest BCUT2D eigenvalue weighted by Crippen LogP contribution is 2.24. The Balaban J connectivity index is 1.52. The lowest BCUT2D eigenvalue weighted by atomic mass is 10.0. The van der Waals surface area contributed by atoms with Crippen LogP contribution in [0.4, 0.5) is 5.95 Å². The van der Waals surface area contributed by atoms with Crippen molar-refractivity contribution in [1.29, 1.82) is 0 Å². The number of carbonyl (C=O) groups excluding carboxylic acids is 1. The smallest absolute Gasteiger partial charge is 0.271 e. The van der Waals surface area contributed by atoms with E-state index in [1.165, 1.54) is 12.6 Å². The maximum Gasteiger partial charge on any atom is 0.271 e. The standard InChI is InChI=1S/C18H26ClN5O3S/c19-13-10-20-18(24-8-4-5-9-24)22-16(13)17(25)21-14-11-28(26,27)12-15(14)23-6-2-1-3-7-23/h10,14-15H,1-9,11-12H2,(H,21,25). The number of rotatable bonds is 4. The summed E-state index contributed by atoms with van der Waals surface area (Å²) in [6.45, 7) is 3.47. The van der Waals surface area contributed by atoms with Crippen molar-refractivity contribution in [3.63, 3.8) is 0 Å². The molecule has 28 heavy (non-hydrogen) atoms. The zero-order valence-electron chi connectivity index (χ0n) is 15.8. The second-order valence-corrected chi connectivity index (χ2v) is 10.4. The van der Waals surface area contributed by atoms with Crippen LogP contribution in [-0.4, -0.2) is 79.0 Å². The van der Waals surface area contributed by atoms with Crippen molar-refractivity contribution in [2.24, 2.45) is 0 Å². The molecule has 0 radical (unpaired) electrons. The second-order valence-electron chi connectivity index (χ2n) is 7.88. The topological polar surface area (TPSA) is 95.5 Å². The molecule has 0 aliphatic carbocycles. The molecule has 1 amide bonds. The van der Waals surface area contributed by atoms with Crippen LogP contribution in [0.25, 0.3) is 0 Å². The molecule has 154 valence electrons. The van der Waals surface area contributed by atoms with E-state index in [0.717, 1.165) is 51.9 Å². The van der Waals surface area contributed by atoms with Crippen molar-refractivity contribution in [3.8, 4) is 0 Å². The van der Waals surface area contributed by atoms with E-state index in [1.54, 1.807) is 0 Å². The second kappa shape index (κ2) is 8.12. The summed E-state index contributed by atoms with van der Waals surface area (Å²) in [5, 5.41) is 3.08. The third-order valence-electron chi connectivity index (χ3n) is 5.83. The molecule has 1 aromatic rings. The van der Waals surface area contributed by atoms with Gasteiger partial charge in [0.05, 0.1) is 28.8 Å². The van der Waals surface area contributed by atoms with Crippen LogP contribution in [-0.2, 0) is 9.84 Å². The number of anilines is 1.